The number of imidazole rings is 1. The number of amides is 3. The Morgan fingerprint density at radius 3 is 2.05 bits per heavy atom. The molecule has 0 bridgehead atoms. The Morgan fingerprint density at radius 1 is 0.809 bits per heavy atom. The smallest absolute Gasteiger partial charge is 0.359 e. The maximum atomic E-state index is 13.6. The number of aliphatic hydroxyl groups excluding tert-OH is 1. The molecule has 2 heterocycles. The van der Waals surface area contributed by atoms with Gasteiger partial charge in [0.25, 0.3) is 16.0 Å². The molecular weight excluding hydrogens is 1280 g/mol. The summed E-state index contributed by atoms with van der Waals surface area (Å²) in [7, 11) is -2.78. The number of hydrogen-bond donors (Lipinski definition) is 12. The van der Waals surface area contributed by atoms with Crippen molar-refractivity contribution in [1.82, 2.24) is 50.3 Å². The van der Waals surface area contributed by atoms with E-state index in [-0.39, 0.29) is 135 Å². The lowest BCUT2D eigenvalue weighted by Crippen LogP contribution is -2.54. The van der Waals surface area contributed by atoms with Gasteiger partial charge in [-0.15, -0.1) is 0 Å². The van der Waals surface area contributed by atoms with Crippen LogP contribution in [0, 0.1) is 13.8 Å². The Balaban J connectivity index is 1.09. The topological polar surface area (TPSA) is 455 Å². The zero-order valence-electron chi connectivity index (χ0n) is 53.6. The minimum absolute atomic E-state index is 0.0677. The highest BCUT2D eigenvalue weighted by Crippen LogP contribution is 2.26. The van der Waals surface area contributed by atoms with Gasteiger partial charge >= 0.3 is 17.9 Å². The molecule has 33 nitrogen and oxygen atoms in total. The number of likely N-dealkylation sites (N-methyl/N-ethyl adjacent to an activating group) is 3. The monoisotopic (exact) mass is 1370 g/mol. The number of H-pyrrole nitrogens is 1. The number of aromatic amines is 1. The number of nitrogens with one attached hydrogen (secondary N) is 7. The number of Topliss-reactive ketones (excluding diaryl/α,β-unsaturated/α-hetero) is 1. The molecule has 0 radical (unpaired) electrons. The molecule has 0 aliphatic rings. The summed E-state index contributed by atoms with van der Waals surface area (Å²) < 4.78 is 87.0. The van der Waals surface area contributed by atoms with Crippen LogP contribution in [0.3, 0.4) is 0 Å². The Bertz CT molecular complexity index is 3490. The lowest BCUT2D eigenvalue weighted by Gasteiger charge is -2.33. The van der Waals surface area contributed by atoms with Crippen molar-refractivity contribution in [3.63, 3.8) is 0 Å². The molecule has 3 amide bonds. The van der Waals surface area contributed by atoms with Crippen molar-refractivity contribution >= 4 is 78.4 Å². The molecule has 0 fully saturated rings. The number of sulfonamides is 1. The highest BCUT2D eigenvalue weighted by atomic mass is 32.2. The number of ketones is 1. The number of pyridine rings is 1. The zero-order valence-corrected chi connectivity index (χ0v) is 55.3. The number of carbonyl (C=O) groups excluding carboxylic acids is 4. The van der Waals surface area contributed by atoms with Crippen LogP contribution in [0.2, 0.25) is 0 Å². The van der Waals surface area contributed by atoms with Crippen LogP contribution in [-0.2, 0) is 76.7 Å². The van der Waals surface area contributed by atoms with E-state index in [2.05, 4.69) is 41.3 Å². The third-order valence-corrected chi connectivity index (χ3v) is 16.7. The minimum Gasteiger partial charge on any atom is -0.494 e. The molecule has 2 aromatic carbocycles. The first kappa shape index (κ1) is 78.5. The van der Waals surface area contributed by atoms with Crippen molar-refractivity contribution in [1.29, 1.82) is 0 Å². The molecule has 12 N–H and O–H groups in total. The van der Waals surface area contributed by atoms with Crippen LogP contribution in [0.5, 0.6) is 5.75 Å². The van der Waals surface area contributed by atoms with Gasteiger partial charge in [-0.05, 0) is 88.2 Å². The zero-order chi connectivity index (χ0) is 69.6. The number of ether oxygens (including phenoxy) is 4. The van der Waals surface area contributed by atoms with Crippen molar-refractivity contribution in [3.05, 3.63) is 93.2 Å². The maximum absolute atomic E-state index is 13.6. The van der Waals surface area contributed by atoms with Crippen LogP contribution < -0.4 is 41.5 Å². The van der Waals surface area contributed by atoms with E-state index < -0.39 is 98.6 Å². The number of quaternary nitrogens is 1. The van der Waals surface area contributed by atoms with Gasteiger partial charge in [-0.2, -0.15) is 13.1 Å². The summed E-state index contributed by atoms with van der Waals surface area (Å²) in [6.07, 6.45) is 7.51. The summed E-state index contributed by atoms with van der Waals surface area (Å²) in [6.45, 7) is 3.64. The van der Waals surface area contributed by atoms with Crippen molar-refractivity contribution in [3.8, 4) is 5.75 Å². The summed E-state index contributed by atoms with van der Waals surface area (Å²) in [6, 6.07) is 4.73. The van der Waals surface area contributed by atoms with Crippen LogP contribution in [-0.4, -0.2) is 269 Å². The third kappa shape index (κ3) is 28.7. The molecule has 3 atom stereocenters. The van der Waals surface area contributed by atoms with Crippen LogP contribution in [0.1, 0.15) is 52.7 Å². The van der Waals surface area contributed by atoms with E-state index in [1.54, 1.807) is 67.3 Å². The predicted molar refractivity (Wildman–Crippen MR) is 342 cm³/mol. The molecule has 35 heteroatoms. The number of carboxylic acids is 3. The Kier molecular flexibility index (Phi) is 32.6. The number of benzene rings is 2. The van der Waals surface area contributed by atoms with Gasteiger partial charge in [-0.25, -0.2) is 18.2 Å². The van der Waals surface area contributed by atoms with Gasteiger partial charge in [0, 0.05) is 102 Å². The number of rotatable bonds is 48. The molecule has 4 aromatic rings. The first-order chi connectivity index (χ1) is 44.4. The molecule has 0 saturated carbocycles. The van der Waals surface area contributed by atoms with Crippen LogP contribution in [0.25, 0.3) is 10.9 Å². The quantitative estimate of drug-likeness (QED) is 0.0138. The second kappa shape index (κ2) is 39.0. The molecule has 94 heavy (non-hydrogen) atoms. The Labute approximate surface area is 544 Å². The predicted octanol–water partition coefficient (Wildman–Crippen LogP) is -1.36. The molecule has 522 valence electrons. The number of aliphatic carboxylic acids is 3. The van der Waals surface area contributed by atoms with Gasteiger partial charge in [0.15, 0.2) is 12.5 Å². The lowest BCUT2D eigenvalue weighted by atomic mass is 10.1. The first-order valence-electron chi connectivity index (χ1n) is 30.0. The third-order valence-electron chi connectivity index (χ3n) is 14.2. The minimum atomic E-state index is -4.69. The SMILES string of the molecule is Cc1cc(OCCCC(=O)NCCCOCCOCCOCCCNC(=O)[C@H](CS(=O)(=O)O)N/C(=C\CN(C)CC[N+](C)(CC(=O)O)CC(=O)CO)CN(C)CC(=O)O)cc(C)c1S(=O)(=O)N[C@@H](CNC(=O)c1cn(C)c2cc(CNc3ncc[nH]3)ccc2c1=O)C(=O)O. The van der Waals surface area contributed by atoms with E-state index >= 15 is 0 Å². The van der Waals surface area contributed by atoms with E-state index in [1.165, 1.54) is 44.1 Å². The number of aryl methyl sites for hydroxylation is 3. The largest absolute Gasteiger partial charge is 0.494 e. The van der Waals surface area contributed by atoms with E-state index in [0.29, 0.717) is 56.2 Å². The Morgan fingerprint density at radius 2 is 1.46 bits per heavy atom. The second-order valence-corrected chi connectivity index (χ2v) is 25.8. The van der Waals surface area contributed by atoms with E-state index in [1.807, 2.05) is 0 Å². The molecule has 1 unspecified atom stereocenters. The number of aromatic nitrogens is 3. The van der Waals surface area contributed by atoms with E-state index in [4.69, 9.17) is 18.9 Å². The number of fused-ring (bicyclic) bond motifs is 1. The number of nitrogens with zero attached hydrogens (tertiary/aromatic N) is 5. The number of carboxylic acid groups (broad SMARTS) is 3. The molecular formula is C59H89N12O21S2+. The first-order valence-corrected chi connectivity index (χ1v) is 33.1. The van der Waals surface area contributed by atoms with Gasteiger partial charge < -0.3 is 80.0 Å². The molecule has 0 spiro atoms. The highest BCUT2D eigenvalue weighted by molar-refractivity contribution is 7.89. The number of carbonyl (C=O) groups is 7. The number of hydrogen-bond acceptors (Lipinski definition) is 22. The van der Waals surface area contributed by atoms with Crippen LogP contribution in [0.4, 0.5) is 5.95 Å². The fourth-order valence-electron chi connectivity index (χ4n) is 9.59. The van der Waals surface area contributed by atoms with Crippen molar-refractivity contribution < 1.29 is 98.8 Å². The highest BCUT2D eigenvalue weighted by Gasteiger charge is 2.31. The van der Waals surface area contributed by atoms with Gasteiger partial charge in [0.2, 0.25) is 33.0 Å². The van der Waals surface area contributed by atoms with Crippen LogP contribution in [0.15, 0.2) is 70.4 Å². The molecule has 4 rings (SSSR count). The summed E-state index contributed by atoms with van der Waals surface area (Å²) in [5.41, 5.74) is 1.26. The maximum Gasteiger partial charge on any atom is 0.359 e. The number of aliphatic hydroxyl groups is 1. The van der Waals surface area contributed by atoms with Crippen molar-refractivity contribution in [2.45, 2.75) is 63.1 Å². The normalized spacial score (nSPS) is 13.3. The lowest BCUT2D eigenvalue weighted by molar-refractivity contribution is -0.894. The molecule has 2 aromatic heterocycles. The standard InChI is InChI=1S/C59H88N12O21S2/c1-40-28-45(29-41(2)55(40)94(87,88)67-48(58(82)83)32-64-56(80)47-34-70(5)50-30-42(11-12-46(50)54(47)79)31-65-59-62-16-17-63-59)92-23-7-10-51(74)60-14-8-21-89-24-26-91-27-25-90-22-9-15-61-57(81)49(39-93(84,85)86)66-43(33-69(4)35-52(75)76)13-18-68(3)19-20-71(6,37-53(77)78)36-44(73)38-72/h11-13,16-17,28-30,34,48-49,66-67,72H,7-10,14-15,18-27,31-33,35-39H2,1-6H3,(H8-,60,61,62,63,64,65,74,75,76,77,78,80,81,82,83,84,85,86)/p+1/b43-13-/t48-,49-,71?/m0/s1. The Hall–Kier alpha value is -7.97. The van der Waals surface area contributed by atoms with Crippen molar-refractivity contribution in [2.75, 3.05) is 151 Å². The van der Waals surface area contributed by atoms with Gasteiger partial charge in [-0.1, -0.05) is 12.1 Å². The summed E-state index contributed by atoms with van der Waals surface area (Å²) >= 11 is 0. The van der Waals surface area contributed by atoms with E-state index in [0.717, 1.165) is 5.56 Å². The fourth-order valence-corrected chi connectivity index (χ4v) is 11.9. The van der Waals surface area contributed by atoms with E-state index in [9.17, 15) is 80.2 Å². The average Bonchev–Trinajstić information content (AvgIpc) is 0.868. The second-order valence-electron chi connectivity index (χ2n) is 22.6. The van der Waals surface area contributed by atoms with Gasteiger partial charge in [0.1, 0.15) is 42.3 Å². The van der Waals surface area contributed by atoms with Gasteiger partial charge in [0.05, 0.1) is 63.6 Å². The number of anilines is 1. The van der Waals surface area contributed by atoms with Gasteiger partial charge in [-0.3, -0.25) is 47.9 Å². The molecule has 0 saturated heterocycles. The molecule has 0 aliphatic heterocycles. The van der Waals surface area contributed by atoms with Crippen molar-refractivity contribution in [2.24, 2.45) is 7.05 Å². The summed E-state index contributed by atoms with van der Waals surface area (Å²) in [5, 5.41) is 51.9. The average molecular weight is 1370 g/mol. The summed E-state index contributed by atoms with van der Waals surface area (Å²) in [4.78, 5) is 110. The van der Waals surface area contributed by atoms with Crippen LogP contribution >= 0.6 is 0 Å². The molecule has 0 aliphatic carbocycles. The fraction of sp³-hybridized carbons (Fsp3) is 0.542. The summed E-state index contributed by atoms with van der Waals surface area (Å²) in [5.74, 6) is -6.40.